The van der Waals surface area contributed by atoms with Crippen LogP contribution in [-0.2, 0) is 9.53 Å². The molecule has 1 aromatic carbocycles. The summed E-state index contributed by atoms with van der Waals surface area (Å²) in [6.07, 6.45) is 3.74. The highest BCUT2D eigenvalue weighted by Crippen LogP contribution is 2.27. The Morgan fingerprint density at radius 1 is 1.14 bits per heavy atom. The first-order valence-electron chi connectivity index (χ1n) is 7.65. The lowest BCUT2D eigenvalue weighted by molar-refractivity contribution is -0.117. The topological polar surface area (TPSA) is 53.0 Å². The molecule has 21 heavy (non-hydrogen) atoms. The number of piperidine rings is 1. The van der Waals surface area contributed by atoms with Gasteiger partial charge in [-0.15, -0.1) is 0 Å². The molecule has 0 amide bonds. The van der Waals surface area contributed by atoms with E-state index >= 15 is 0 Å². The van der Waals surface area contributed by atoms with E-state index in [4.69, 9.17) is 4.74 Å². The first kappa shape index (κ1) is 14.4. The predicted molar refractivity (Wildman–Crippen MR) is 81.7 cm³/mol. The number of carbonyl (C=O) groups is 1. The van der Waals surface area contributed by atoms with Gasteiger partial charge >= 0.3 is 0 Å². The maximum absolute atomic E-state index is 11.1. The summed E-state index contributed by atoms with van der Waals surface area (Å²) in [4.78, 5) is 15.4. The second-order valence-corrected chi connectivity index (χ2v) is 5.68. The zero-order chi connectivity index (χ0) is 14.7. The van der Waals surface area contributed by atoms with Crippen LogP contribution >= 0.6 is 0 Å². The highest BCUT2D eigenvalue weighted by atomic mass is 16.5. The number of aliphatic hydroxyl groups excluding tert-OH is 1. The van der Waals surface area contributed by atoms with Gasteiger partial charge in [-0.2, -0.15) is 0 Å². The lowest BCUT2D eigenvalue weighted by Gasteiger charge is -2.29. The van der Waals surface area contributed by atoms with Crippen molar-refractivity contribution in [2.45, 2.75) is 31.6 Å². The Morgan fingerprint density at radius 3 is 2.43 bits per heavy atom. The molecule has 0 radical (unpaired) electrons. The molecule has 5 heteroatoms. The molecule has 1 aromatic rings. The van der Waals surface area contributed by atoms with Gasteiger partial charge in [0.25, 0.3) is 0 Å². The number of hydrogen-bond acceptors (Lipinski definition) is 5. The van der Waals surface area contributed by atoms with E-state index in [1.165, 1.54) is 24.9 Å². The average molecular weight is 290 g/mol. The van der Waals surface area contributed by atoms with Gasteiger partial charge in [-0.3, -0.25) is 4.79 Å². The maximum Gasteiger partial charge on any atom is 0.187 e. The quantitative estimate of drug-likeness (QED) is 0.850. The molecule has 2 heterocycles. The number of aliphatic hydroxyl groups is 1. The van der Waals surface area contributed by atoms with Crippen molar-refractivity contribution in [1.29, 1.82) is 0 Å². The minimum Gasteiger partial charge on any atom is -0.394 e. The molecular formula is C16H22N2O3. The fourth-order valence-corrected chi connectivity index (χ4v) is 3.10. The van der Waals surface area contributed by atoms with Gasteiger partial charge in [-0.25, -0.2) is 0 Å². The predicted octanol–water partition coefficient (Wildman–Crippen LogP) is 1.40. The van der Waals surface area contributed by atoms with Gasteiger partial charge in [-0.05, 0) is 43.5 Å². The van der Waals surface area contributed by atoms with E-state index in [2.05, 4.69) is 17.0 Å². The first-order chi connectivity index (χ1) is 10.3. The fraction of sp³-hybridized carbons (Fsp3) is 0.562. The van der Waals surface area contributed by atoms with Crippen molar-refractivity contribution in [3.63, 3.8) is 0 Å². The number of ether oxygens (including phenoxy) is 1. The van der Waals surface area contributed by atoms with E-state index in [9.17, 15) is 9.90 Å². The molecule has 0 aromatic heterocycles. The molecule has 2 unspecified atom stereocenters. The van der Waals surface area contributed by atoms with E-state index in [1.807, 2.05) is 17.0 Å². The van der Waals surface area contributed by atoms with Gasteiger partial charge in [0, 0.05) is 31.0 Å². The molecule has 2 fully saturated rings. The van der Waals surface area contributed by atoms with Crippen molar-refractivity contribution >= 4 is 17.7 Å². The summed E-state index contributed by atoms with van der Waals surface area (Å²) in [5, 5.41) is 9.18. The monoisotopic (exact) mass is 290 g/mol. The molecule has 2 aliphatic rings. The number of carbonyl (C=O) groups excluding carboxylic acids is 1. The van der Waals surface area contributed by atoms with Gasteiger partial charge in [0.15, 0.2) is 12.5 Å². The summed E-state index contributed by atoms with van der Waals surface area (Å²) in [6.45, 7) is 2.72. The van der Waals surface area contributed by atoms with Crippen LogP contribution in [0, 0.1) is 0 Å². The van der Waals surface area contributed by atoms with E-state index in [0.717, 1.165) is 25.1 Å². The standard InChI is InChI=1S/C16H22N2O3/c19-11-15-10-18(16(12-20)21-15)14-6-4-13(5-7-14)17-8-2-1-3-9-17/h4-7,12,15-16,19H,1-3,8-11H2. The van der Waals surface area contributed by atoms with Gasteiger partial charge in [0.05, 0.1) is 6.61 Å². The zero-order valence-corrected chi connectivity index (χ0v) is 12.1. The number of anilines is 2. The molecule has 2 atom stereocenters. The normalized spacial score (nSPS) is 26.1. The van der Waals surface area contributed by atoms with E-state index in [0.29, 0.717) is 6.54 Å². The SMILES string of the molecule is O=CC1OC(CO)CN1c1ccc(N2CCCCC2)cc1. The van der Waals surface area contributed by atoms with Gasteiger partial charge in [0.2, 0.25) is 0 Å². The van der Waals surface area contributed by atoms with Crippen LogP contribution in [0.3, 0.4) is 0 Å². The van der Waals surface area contributed by atoms with E-state index in [1.54, 1.807) is 0 Å². The van der Waals surface area contributed by atoms with Crippen LogP contribution in [0.4, 0.5) is 11.4 Å². The Hall–Kier alpha value is -1.59. The molecule has 5 nitrogen and oxygen atoms in total. The summed E-state index contributed by atoms with van der Waals surface area (Å²) in [7, 11) is 0. The molecule has 1 N–H and O–H groups in total. The van der Waals surface area contributed by atoms with Crippen molar-refractivity contribution in [3.8, 4) is 0 Å². The third-order valence-electron chi connectivity index (χ3n) is 4.26. The van der Waals surface area contributed by atoms with Crippen LogP contribution in [0.1, 0.15) is 19.3 Å². The molecule has 0 saturated carbocycles. The number of benzene rings is 1. The van der Waals surface area contributed by atoms with Crippen LogP contribution in [0.5, 0.6) is 0 Å². The largest absolute Gasteiger partial charge is 0.394 e. The molecule has 3 rings (SSSR count). The minimum absolute atomic E-state index is 0.0628. The number of hydrogen-bond donors (Lipinski definition) is 1. The van der Waals surface area contributed by atoms with Crippen LogP contribution in [0.25, 0.3) is 0 Å². The summed E-state index contributed by atoms with van der Waals surface area (Å²) >= 11 is 0. The number of nitrogens with zero attached hydrogens (tertiary/aromatic N) is 2. The highest BCUT2D eigenvalue weighted by molar-refractivity contribution is 5.67. The smallest absolute Gasteiger partial charge is 0.187 e. The molecule has 0 bridgehead atoms. The fourth-order valence-electron chi connectivity index (χ4n) is 3.10. The first-order valence-corrected chi connectivity index (χ1v) is 7.65. The summed E-state index contributed by atoms with van der Waals surface area (Å²) in [5.41, 5.74) is 2.20. The maximum atomic E-state index is 11.1. The molecule has 2 saturated heterocycles. The van der Waals surface area contributed by atoms with E-state index in [-0.39, 0.29) is 12.7 Å². The zero-order valence-electron chi connectivity index (χ0n) is 12.1. The van der Waals surface area contributed by atoms with Gasteiger partial charge < -0.3 is 19.6 Å². The molecule has 0 aliphatic carbocycles. The van der Waals surface area contributed by atoms with Crippen molar-refractivity contribution in [1.82, 2.24) is 0 Å². The Labute approximate surface area is 125 Å². The summed E-state index contributed by atoms with van der Waals surface area (Å²) < 4.78 is 5.47. The third kappa shape index (κ3) is 3.04. The second-order valence-electron chi connectivity index (χ2n) is 5.68. The Morgan fingerprint density at radius 2 is 1.81 bits per heavy atom. The molecule has 114 valence electrons. The Kier molecular flexibility index (Phi) is 4.41. The van der Waals surface area contributed by atoms with Crippen molar-refractivity contribution in [3.05, 3.63) is 24.3 Å². The summed E-state index contributed by atoms with van der Waals surface area (Å²) in [5.74, 6) is 0. The van der Waals surface area contributed by atoms with Crippen LogP contribution in [0.2, 0.25) is 0 Å². The number of rotatable bonds is 4. The Bertz CT molecular complexity index is 471. The average Bonchev–Trinajstić information content (AvgIpc) is 2.99. The van der Waals surface area contributed by atoms with Crippen molar-refractivity contribution in [2.75, 3.05) is 36.0 Å². The Balaban J connectivity index is 1.72. The third-order valence-corrected chi connectivity index (χ3v) is 4.26. The van der Waals surface area contributed by atoms with E-state index < -0.39 is 6.23 Å². The van der Waals surface area contributed by atoms with Gasteiger partial charge in [-0.1, -0.05) is 0 Å². The lowest BCUT2D eigenvalue weighted by atomic mass is 10.1. The second kappa shape index (κ2) is 6.45. The minimum atomic E-state index is -0.594. The van der Waals surface area contributed by atoms with Crippen LogP contribution in [-0.4, -0.2) is 50.0 Å². The van der Waals surface area contributed by atoms with Crippen LogP contribution < -0.4 is 9.80 Å². The molecular weight excluding hydrogens is 268 g/mol. The highest BCUT2D eigenvalue weighted by Gasteiger charge is 2.32. The molecule has 0 spiro atoms. The van der Waals surface area contributed by atoms with Crippen molar-refractivity contribution < 1.29 is 14.6 Å². The lowest BCUT2D eigenvalue weighted by Crippen LogP contribution is -2.32. The van der Waals surface area contributed by atoms with Crippen LogP contribution in [0.15, 0.2) is 24.3 Å². The van der Waals surface area contributed by atoms with Crippen molar-refractivity contribution in [2.24, 2.45) is 0 Å². The number of aldehydes is 1. The summed E-state index contributed by atoms with van der Waals surface area (Å²) in [6, 6.07) is 8.27. The molecule has 2 aliphatic heterocycles. The van der Waals surface area contributed by atoms with Gasteiger partial charge in [0.1, 0.15) is 6.10 Å².